The molecule has 6 nitrogen and oxygen atoms in total. The Balaban J connectivity index is 2.74. The van der Waals surface area contributed by atoms with Gasteiger partial charge >= 0.3 is 0 Å². The smallest absolute Gasteiger partial charge is 0.141 e. The summed E-state index contributed by atoms with van der Waals surface area (Å²) in [4.78, 5) is 10.2. The molecule has 1 atom stereocenters. The predicted molar refractivity (Wildman–Crippen MR) is 62.7 cm³/mol. The average molecular weight is 223 g/mol. The Morgan fingerprint density at radius 3 is 2.88 bits per heavy atom. The fourth-order valence-electron chi connectivity index (χ4n) is 1.34. The first kappa shape index (κ1) is 12.2. The first-order valence-corrected chi connectivity index (χ1v) is 5.02. The number of nitrogens with two attached hydrogens (primary N) is 1. The minimum Gasteiger partial charge on any atom is -0.409 e. The number of hydrogen-bond donors (Lipinski definition) is 2. The molecule has 3 N–H and O–H groups in total. The number of anilines is 1. The first-order valence-electron chi connectivity index (χ1n) is 5.02. The van der Waals surface area contributed by atoms with Gasteiger partial charge in [0.25, 0.3) is 0 Å². The van der Waals surface area contributed by atoms with Crippen LogP contribution in [0.1, 0.15) is 19.0 Å². The molecular weight excluding hydrogens is 206 g/mol. The van der Waals surface area contributed by atoms with Crippen LogP contribution in [0.25, 0.3) is 0 Å². The van der Waals surface area contributed by atoms with Crippen LogP contribution in [-0.2, 0) is 0 Å². The summed E-state index contributed by atoms with van der Waals surface area (Å²) < 4.78 is 0. The highest BCUT2D eigenvalue weighted by molar-refractivity contribution is 5.80. The van der Waals surface area contributed by atoms with Crippen LogP contribution in [0.5, 0.6) is 0 Å². The highest BCUT2D eigenvalue weighted by atomic mass is 16.4. The largest absolute Gasteiger partial charge is 0.409 e. The third kappa shape index (κ3) is 3.08. The number of aryl methyl sites for hydroxylation is 1. The van der Waals surface area contributed by atoms with E-state index in [1.807, 2.05) is 31.9 Å². The molecule has 1 rings (SSSR count). The van der Waals surface area contributed by atoms with E-state index in [1.165, 1.54) is 6.33 Å². The lowest BCUT2D eigenvalue weighted by molar-refractivity contribution is 0.316. The molecule has 0 aliphatic heterocycles. The lowest BCUT2D eigenvalue weighted by atomic mass is 10.2. The van der Waals surface area contributed by atoms with E-state index in [0.717, 1.165) is 11.5 Å². The van der Waals surface area contributed by atoms with Crippen molar-refractivity contribution in [1.29, 1.82) is 0 Å². The van der Waals surface area contributed by atoms with Gasteiger partial charge in [0.2, 0.25) is 0 Å². The fraction of sp³-hybridized carbons (Fsp3) is 0.500. The molecule has 6 heteroatoms. The van der Waals surface area contributed by atoms with Crippen molar-refractivity contribution in [3.63, 3.8) is 0 Å². The van der Waals surface area contributed by atoms with Crippen LogP contribution in [0, 0.1) is 6.92 Å². The Bertz CT molecular complexity index is 379. The quantitative estimate of drug-likeness (QED) is 0.340. The number of aromatic nitrogens is 2. The summed E-state index contributed by atoms with van der Waals surface area (Å²) >= 11 is 0. The summed E-state index contributed by atoms with van der Waals surface area (Å²) in [5.74, 6) is 1.04. The van der Waals surface area contributed by atoms with Crippen molar-refractivity contribution in [3.05, 3.63) is 18.1 Å². The van der Waals surface area contributed by atoms with Crippen molar-refractivity contribution in [1.82, 2.24) is 9.97 Å². The molecule has 0 bridgehead atoms. The van der Waals surface area contributed by atoms with Gasteiger partial charge < -0.3 is 15.8 Å². The molecule has 0 aliphatic carbocycles. The molecule has 0 fully saturated rings. The topological polar surface area (TPSA) is 87.6 Å². The van der Waals surface area contributed by atoms with E-state index < -0.39 is 0 Å². The van der Waals surface area contributed by atoms with Crippen LogP contribution >= 0.6 is 0 Å². The number of nitrogens with zero attached hydrogens (tertiary/aromatic N) is 4. The lowest BCUT2D eigenvalue weighted by Gasteiger charge is -2.25. The molecule has 0 aliphatic rings. The Morgan fingerprint density at radius 1 is 1.62 bits per heavy atom. The van der Waals surface area contributed by atoms with Gasteiger partial charge in [-0.25, -0.2) is 9.97 Å². The van der Waals surface area contributed by atoms with Crippen LogP contribution < -0.4 is 10.6 Å². The van der Waals surface area contributed by atoms with E-state index in [1.54, 1.807) is 0 Å². The molecule has 0 spiro atoms. The summed E-state index contributed by atoms with van der Waals surface area (Å²) in [6, 6.07) is 1.99. The van der Waals surface area contributed by atoms with Crippen LogP contribution in [0.15, 0.2) is 17.5 Å². The van der Waals surface area contributed by atoms with Gasteiger partial charge in [-0.2, -0.15) is 0 Å². The van der Waals surface area contributed by atoms with Gasteiger partial charge in [0.15, 0.2) is 0 Å². The van der Waals surface area contributed by atoms with Gasteiger partial charge in [-0.05, 0) is 13.8 Å². The van der Waals surface area contributed by atoms with Crippen molar-refractivity contribution in [2.45, 2.75) is 26.3 Å². The van der Waals surface area contributed by atoms with E-state index in [-0.39, 0.29) is 11.9 Å². The van der Waals surface area contributed by atoms with Crippen molar-refractivity contribution < 1.29 is 5.21 Å². The molecule has 88 valence electrons. The normalized spacial score (nSPS) is 13.6. The zero-order valence-corrected chi connectivity index (χ0v) is 9.75. The van der Waals surface area contributed by atoms with Gasteiger partial charge in [-0.3, -0.25) is 0 Å². The van der Waals surface area contributed by atoms with E-state index in [0.29, 0.717) is 6.42 Å². The zero-order valence-electron chi connectivity index (χ0n) is 9.75. The molecule has 0 saturated carbocycles. The average Bonchev–Trinajstić information content (AvgIpc) is 2.27. The minimum absolute atomic E-state index is 0.102. The maximum Gasteiger partial charge on any atom is 0.141 e. The molecule has 1 aromatic rings. The van der Waals surface area contributed by atoms with Crippen LogP contribution in [-0.4, -0.2) is 34.1 Å². The molecule has 0 aromatic carbocycles. The molecule has 1 heterocycles. The highest BCUT2D eigenvalue weighted by Crippen LogP contribution is 2.13. The van der Waals surface area contributed by atoms with Crippen molar-refractivity contribution >= 4 is 11.7 Å². The Kier molecular flexibility index (Phi) is 4.04. The van der Waals surface area contributed by atoms with Gasteiger partial charge in [-0.1, -0.05) is 5.16 Å². The summed E-state index contributed by atoms with van der Waals surface area (Å²) in [6.45, 7) is 3.89. The SMILES string of the molecule is Cc1cc(N(C)C(C)CC(N)=NO)ncn1. The maximum absolute atomic E-state index is 8.50. The molecule has 1 unspecified atom stereocenters. The molecule has 1 aromatic heterocycles. The highest BCUT2D eigenvalue weighted by Gasteiger charge is 2.13. The second-order valence-corrected chi connectivity index (χ2v) is 3.77. The second kappa shape index (κ2) is 5.29. The number of rotatable bonds is 4. The van der Waals surface area contributed by atoms with Crippen LogP contribution in [0.4, 0.5) is 5.82 Å². The summed E-state index contributed by atoms with van der Waals surface area (Å²) in [5, 5.41) is 11.5. The van der Waals surface area contributed by atoms with Crippen molar-refractivity contribution in [3.8, 4) is 0 Å². The number of oxime groups is 1. The van der Waals surface area contributed by atoms with Crippen molar-refractivity contribution in [2.75, 3.05) is 11.9 Å². The molecule has 0 radical (unpaired) electrons. The molecule has 0 saturated heterocycles. The Labute approximate surface area is 94.8 Å². The van der Waals surface area contributed by atoms with Crippen LogP contribution in [0.2, 0.25) is 0 Å². The van der Waals surface area contributed by atoms with E-state index in [4.69, 9.17) is 10.9 Å². The number of hydrogen-bond acceptors (Lipinski definition) is 5. The first-order chi connectivity index (χ1) is 7.54. The number of amidine groups is 1. The van der Waals surface area contributed by atoms with E-state index in [2.05, 4.69) is 15.1 Å². The fourth-order valence-corrected chi connectivity index (χ4v) is 1.34. The van der Waals surface area contributed by atoms with Crippen molar-refractivity contribution in [2.24, 2.45) is 10.9 Å². The second-order valence-electron chi connectivity index (χ2n) is 3.77. The molecular formula is C10H17N5O. The summed E-state index contributed by atoms with van der Waals surface area (Å²) in [6.07, 6.45) is 2.01. The Hall–Kier alpha value is -1.85. The van der Waals surface area contributed by atoms with E-state index >= 15 is 0 Å². The zero-order chi connectivity index (χ0) is 12.1. The van der Waals surface area contributed by atoms with E-state index in [9.17, 15) is 0 Å². The third-order valence-electron chi connectivity index (χ3n) is 2.44. The third-order valence-corrected chi connectivity index (χ3v) is 2.44. The molecule has 16 heavy (non-hydrogen) atoms. The predicted octanol–water partition coefficient (Wildman–Crippen LogP) is 0.746. The molecule has 0 amide bonds. The van der Waals surface area contributed by atoms with Gasteiger partial charge in [0.05, 0.1) is 0 Å². The van der Waals surface area contributed by atoms with Gasteiger partial charge in [-0.15, -0.1) is 0 Å². The Morgan fingerprint density at radius 2 is 2.31 bits per heavy atom. The minimum atomic E-state index is 0.102. The maximum atomic E-state index is 8.50. The standard InChI is InChI=1S/C10H17N5O/c1-7-4-10(13-6-12-7)15(3)8(2)5-9(11)14-16/h4,6,8,16H,5H2,1-3H3,(H2,11,14). The van der Waals surface area contributed by atoms with Gasteiger partial charge in [0, 0.05) is 31.3 Å². The monoisotopic (exact) mass is 223 g/mol. The summed E-state index contributed by atoms with van der Waals surface area (Å²) in [5.41, 5.74) is 6.37. The van der Waals surface area contributed by atoms with Gasteiger partial charge in [0.1, 0.15) is 18.0 Å². The van der Waals surface area contributed by atoms with Crippen LogP contribution in [0.3, 0.4) is 0 Å². The lowest BCUT2D eigenvalue weighted by Crippen LogP contribution is -2.33. The summed E-state index contributed by atoms with van der Waals surface area (Å²) in [7, 11) is 1.91.